The van der Waals surface area contributed by atoms with Crippen molar-refractivity contribution in [2.45, 2.75) is 0 Å². The summed E-state index contributed by atoms with van der Waals surface area (Å²) in [6, 6.07) is 5.03. The van der Waals surface area contributed by atoms with Gasteiger partial charge in [-0.05, 0) is 44.5 Å². The Hall–Kier alpha value is -0.760. The van der Waals surface area contributed by atoms with Crippen molar-refractivity contribution in [1.82, 2.24) is 4.37 Å². The molecule has 0 amide bonds. The zero-order valence-electron chi connectivity index (χ0n) is 9.02. The molecule has 0 spiro atoms. The summed E-state index contributed by atoms with van der Waals surface area (Å²) in [5.41, 5.74) is 1.04. The number of rotatable bonds is 2. The van der Waals surface area contributed by atoms with E-state index in [0.29, 0.717) is 21.1 Å². The SMILES string of the molecule is COC(=O)c1ccc(Br)c(N=c2ssnc2Cl)c1. The first-order valence-electron chi connectivity index (χ1n) is 4.66. The maximum absolute atomic E-state index is 11.4. The molecule has 1 aromatic carbocycles. The third kappa shape index (κ3) is 2.97. The molecule has 0 saturated heterocycles. The molecule has 8 heteroatoms. The Kier molecular flexibility index (Phi) is 4.50. The number of esters is 1. The van der Waals surface area contributed by atoms with Gasteiger partial charge < -0.3 is 4.74 Å². The lowest BCUT2D eigenvalue weighted by Gasteiger charge is -2.02. The van der Waals surface area contributed by atoms with Crippen molar-refractivity contribution in [1.29, 1.82) is 0 Å². The molecule has 2 aromatic rings. The number of carbonyl (C=O) groups excluding carboxylic acids is 1. The van der Waals surface area contributed by atoms with Crippen molar-refractivity contribution in [3.8, 4) is 0 Å². The minimum Gasteiger partial charge on any atom is -0.465 e. The highest BCUT2D eigenvalue weighted by atomic mass is 79.9. The van der Waals surface area contributed by atoms with Gasteiger partial charge in [-0.25, -0.2) is 9.79 Å². The van der Waals surface area contributed by atoms with Gasteiger partial charge in [0.15, 0.2) is 9.82 Å². The molecule has 0 fully saturated rings. The normalized spacial score (nSPS) is 11.6. The summed E-state index contributed by atoms with van der Waals surface area (Å²) in [7, 11) is 3.97. The highest BCUT2D eigenvalue weighted by Gasteiger charge is 2.08. The topological polar surface area (TPSA) is 51.5 Å². The number of carbonyl (C=O) groups is 1. The van der Waals surface area contributed by atoms with Crippen LogP contribution in [0.25, 0.3) is 0 Å². The molecule has 1 aromatic heterocycles. The Morgan fingerprint density at radius 1 is 1.56 bits per heavy atom. The Labute approximate surface area is 124 Å². The molecular weight excluding hydrogens is 360 g/mol. The molecule has 0 aliphatic heterocycles. The van der Waals surface area contributed by atoms with E-state index in [4.69, 9.17) is 11.6 Å². The summed E-state index contributed by atoms with van der Waals surface area (Å²) >= 11 is 9.25. The second kappa shape index (κ2) is 5.92. The minimum absolute atomic E-state index is 0.361. The summed E-state index contributed by atoms with van der Waals surface area (Å²) in [5, 5.41) is 0.361. The molecule has 0 N–H and O–H groups in total. The van der Waals surface area contributed by atoms with E-state index < -0.39 is 5.97 Å². The Balaban J connectivity index is 2.51. The van der Waals surface area contributed by atoms with Crippen LogP contribution in [0.5, 0.6) is 0 Å². The van der Waals surface area contributed by atoms with E-state index >= 15 is 0 Å². The zero-order chi connectivity index (χ0) is 13.1. The van der Waals surface area contributed by atoms with Gasteiger partial charge in [0.1, 0.15) is 0 Å². The largest absolute Gasteiger partial charge is 0.465 e. The van der Waals surface area contributed by atoms with Crippen molar-refractivity contribution in [3.05, 3.63) is 38.1 Å². The highest BCUT2D eigenvalue weighted by molar-refractivity contribution is 9.10. The van der Waals surface area contributed by atoms with Crippen molar-refractivity contribution in [2.75, 3.05) is 7.11 Å². The number of halogens is 2. The van der Waals surface area contributed by atoms with E-state index in [2.05, 4.69) is 30.0 Å². The summed E-state index contributed by atoms with van der Waals surface area (Å²) in [5.74, 6) is -0.405. The van der Waals surface area contributed by atoms with Gasteiger partial charge in [-0.2, -0.15) is 4.37 Å². The molecule has 0 atom stereocenters. The van der Waals surface area contributed by atoms with Gasteiger partial charge in [-0.15, -0.1) is 0 Å². The van der Waals surface area contributed by atoms with E-state index in [9.17, 15) is 4.79 Å². The maximum atomic E-state index is 11.4. The van der Waals surface area contributed by atoms with Gasteiger partial charge in [0, 0.05) is 15.0 Å². The third-order valence-corrected chi connectivity index (χ3v) is 4.84. The predicted octanol–water partition coefficient (Wildman–Crippen LogP) is 3.64. The lowest BCUT2D eigenvalue weighted by atomic mass is 10.2. The molecule has 0 bridgehead atoms. The van der Waals surface area contributed by atoms with Crippen molar-refractivity contribution >= 4 is 60.1 Å². The molecule has 0 aliphatic rings. The van der Waals surface area contributed by atoms with E-state index in [0.717, 1.165) is 4.47 Å². The van der Waals surface area contributed by atoms with Crippen LogP contribution in [0.2, 0.25) is 5.15 Å². The molecule has 94 valence electrons. The fourth-order valence-electron chi connectivity index (χ4n) is 1.18. The third-order valence-electron chi connectivity index (χ3n) is 2.00. The first-order valence-corrected chi connectivity index (χ1v) is 7.93. The molecule has 18 heavy (non-hydrogen) atoms. The smallest absolute Gasteiger partial charge is 0.337 e. The Morgan fingerprint density at radius 2 is 2.33 bits per heavy atom. The predicted molar refractivity (Wildman–Crippen MR) is 75.7 cm³/mol. The van der Waals surface area contributed by atoms with E-state index in [1.807, 2.05) is 0 Å². The summed E-state index contributed by atoms with van der Waals surface area (Å²) in [4.78, 5) is 15.8. The average molecular weight is 366 g/mol. The van der Waals surface area contributed by atoms with Crippen LogP contribution in [0, 0.1) is 0 Å². The van der Waals surface area contributed by atoms with Gasteiger partial charge in [0.2, 0.25) is 0 Å². The van der Waals surface area contributed by atoms with Crippen LogP contribution >= 0.6 is 48.4 Å². The molecule has 0 saturated carbocycles. The quantitative estimate of drug-likeness (QED) is 0.603. The van der Waals surface area contributed by atoms with Crippen molar-refractivity contribution < 1.29 is 9.53 Å². The van der Waals surface area contributed by atoms with Crippen LogP contribution in [0.4, 0.5) is 5.69 Å². The maximum Gasteiger partial charge on any atom is 0.337 e. The molecular formula is C10H6BrClN2O2S2. The highest BCUT2D eigenvalue weighted by Crippen LogP contribution is 2.26. The van der Waals surface area contributed by atoms with E-state index in [1.165, 1.54) is 28.0 Å². The van der Waals surface area contributed by atoms with Crippen molar-refractivity contribution in [3.63, 3.8) is 0 Å². The molecule has 4 nitrogen and oxygen atoms in total. The first kappa shape index (κ1) is 13.7. The van der Waals surface area contributed by atoms with Crippen LogP contribution in [0.1, 0.15) is 10.4 Å². The molecule has 1 heterocycles. The van der Waals surface area contributed by atoms with E-state index in [-0.39, 0.29) is 0 Å². The fraction of sp³-hybridized carbons (Fsp3) is 0.100. The summed E-state index contributed by atoms with van der Waals surface area (Å²) in [6.45, 7) is 0. The number of ether oxygens (including phenoxy) is 1. The standard InChI is InChI=1S/C10H6BrClN2O2S2/c1-16-10(15)5-2-3-6(11)7(4-5)13-9-8(12)14-18-17-9/h2-4H,1H3. The van der Waals surface area contributed by atoms with Gasteiger partial charge in [0.25, 0.3) is 0 Å². The Morgan fingerprint density at radius 3 is 2.94 bits per heavy atom. The van der Waals surface area contributed by atoms with Gasteiger partial charge in [0.05, 0.1) is 18.4 Å². The van der Waals surface area contributed by atoms with Gasteiger partial charge >= 0.3 is 5.97 Å². The van der Waals surface area contributed by atoms with Gasteiger partial charge in [-0.1, -0.05) is 11.6 Å². The number of aromatic nitrogens is 1. The van der Waals surface area contributed by atoms with Crippen LogP contribution in [-0.4, -0.2) is 17.5 Å². The van der Waals surface area contributed by atoms with Gasteiger partial charge in [-0.3, -0.25) is 0 Å². The average Bonchev–Trinajstić information content (AvgIpc) is 2.77. The van der Waals surface area contributed by atoms with Crippen LogP contribution in [-0.2, 0) is 4.74 Å². The first-order chi connectivity index (χ1) is 8.61. The second-order valence-electron chi connectivity index (χ2n) is 3.11. The fourth-order valence-corrected chi connectivity index (χ4v) is 3.50. The second-order valence-corrected chi connectivity index (χ2v) is 6.16. The monoisotopic (exact) mass is 364 g/mol. The number of nitrogens with zero attached hydrogens (tertiary/aromatic N) is 2. The molecule has 0 unspecified atom stereocenters. The van der Waals surface area contributed by atoms with Crippen LogP contribution < -0.4 is 4.67 Å². The van der Waals surface area contributed by atoms with E-state index in [1.54, 1.807) is 18.2 Å². The number of hydrogen-bond acceptors (Lipinski definition) is 6. The number of methoxy groups -OCH3 is 1. The lowest BCUT2D eigenvalue weighted by Crippen LogP contribution is -2.01. The summed E-state index contributed by atoms with van der Waals surface area (Å²) < 4.78 is 9.98. The zero-order valence-corrected chi connectivity index (χ0v) is 13.0. The molecule has 2 rings (SSSR count). The number of benzene rings is 1. The minimum atomic E-state index is -0.405. The lowest BCUT2D eigenvalue weighted by molar-refractivity contribution is 0.0601. The Bertz CT molecular complexity index is 653. The van der Waals surface area contributed by atoms with Crippen molar-refractivity contribution in [2.24, 2.45) is 4.99 Å². The molecule has 0 aliphatic carbocycles. The van der Waals surface area contributed by atoms with Crippen LogP contribution in [0.15, 0.2) is 27.7 Å². The molecule has 0 radical (unpaired) electrons. The van der Waals surface area contributed by atoms with Crippen LogP contribution in [0.3, 0.4) is 0 Å². The number of hydrogen-bond donors (Lipinski definition) is 0. The summed E-state index contributed by atoms with van der Waals surface area (Å²) in [6.07, 6.45) is 0.